The third-order valence-corrected chi connectivity index (χ3v) is 4.22. The summed E-state index contributed by atoms with van der Waals surface area (Å²) in [5.41, 5.74) is 1.89. The second-order valence-corrected chi connectivity index (χ2v) is 5.87. The first-order chi connectivity index (χ1) is 10.7. The topological polar surface area (TPSA) is 51.2 Å². The highest BCUT2D eigenvalue weighted by molar-refractivity contribution is 7.10. The van der Waals surface area contributed by atoms with E-state index in [1.807, 2.05) is 49.4 Å². The molecule has 22 heavy (non-hydrogen) atoms. The van der Waals surface area contributed by atoms with E-state index in [4.69, 9.17) is 4.74 Å². The molecule has 0 fully saturated rings. The molecule has 5 heteroatoms. The lowest BCUT2D eigenvalue weighted by Gasteiger charge is -2.08. The quantitative estimate of drug-likeness (QED) is 0.797. The van der Waals surface area contributed by atoms with Gasteiger partial charge in [0.05, 0.1) is 19.2 Å². The first-order valence-electron chi connectivity index (χ1n) is 6.94. The largest absolute Gasteiger partial charge is 0.497 e. The number of rotatable bonds is 4. The van der Waals surface area contributed by atoms with Gasteiger partial charge in [-0.05, 0) is 53.0 Å². The summed E-state index contributed by atoms with van der Waals surface area (Å²) in [4.78, 5) is 12.2. The Balaban J connectivity index is 1.85. The number of carbonyl (C=O) groups excluding carboxylic acids is 1. The number of benzene rings is 2. The molecule has 0 aliphatic rings. The molecule has 0 unspecified atom stereocenters. The Morgan fingerprint density at radius 2 is 2.14 bits per heavy atom. The van der Waals surface area contributed by atoms with E-state index >= 15 is 0 Å². The molecule has 2 aromatic carbocycles. The number of nitrogens with zero attached hydrogens (tertiary/aromatic N) is 1. The zero-order valence-corrected chi connectivity index (χ0v) is 13.2. The Kier molecular flexibility index (Phi) is 4.06. The molecule has 0 aliphatic carbocycles. The Hall–Kier alpha value is -2.40. The van der Waals surface area contributed by atoms with E-state index in [-0.39, 0.29) is 5.91 Å². The van der Waals surface area contributed by atoms with Crippen molar-refractivity contribution in [1.29, 1.82) is 0 Å². The molecule has 4 nitrogen and oxygen atoms in total. The molecule has 1 amide bonds. The molecule has 0 radical (unpaired) electrons. The van der Waals surface area contributed by atoms with Gasteiger partial charge in [-0.3, -0.25) is 4.79 Å². The number of hydrogen-bond donors (Lipinski definition) is 1. The molecule has 0 aliphatic heterocycles. The van der Waals surface area contributed by atoms with Gasteiger partial charge >= 0.3 is 0 Å². The number of methoxy groups -OCH3 is 1. The Bertz CT molecular complexity index is 826. The molecule has 0 bridgehead atoms. The number of ether oxygens (including phenoxy) is 1. The average molecular weight is 312 g/mol. The predicted molar refractivity (Wildman–Crippen MR) is 89.7 cm³/mol. The average Bonchev–Trinajstić information content (AvgIpc) is 2.92. The van der Waals surface area contributed by atoms with Crippen LogP contribution in [0.4, 0.5) is 5.00 Å². The summed E-state index contributed by atoms with van der Waals surface area (Å²) in [5, 5.41) is 5.80. The zero-order valence-electron chi connectivity index (χ0n) is 12.4. The molecule has 1 aromatic heterocycles. The predicted octanol–water partition coefficient (Wildman–Crippen LogP) is 3.79. The lowest BCUT2D eigenvalue weighted by molar-refractivity contribution is -0.115. The van der Waals surface area contributed by atoms with Crippen LogP contribution in [0.5, 0.6) is 5.75 Å². The van der Waals surface area contributed by atoms with E-state index in [1.54, 1.807) is 7.11 Å². The smallest absolute Gasteiger partial charge is 0.229 e. The molecule has 1 heterocycles. The fourth-order valence-electron chi connectivity index (χ4n) is 2.37. The van der Waals surface area contributed by atoms with Crippen LogP contribution in [0.3, 0.4) is 0 Å². The minimum Gasteiger partial charge on any atom is -0.497 e. The van der Waals surface area contributed by atoms with Crippen LogP contribution in [0.25, 0.3) is 10.8 Å². The van der Waals surface area contributed by atoms with Gasteiger partial charge in [-0.25, -0.2) is 0 Å². The summed E-state index contributed by atoms with van der Waals surface area (Å²) in [5.74, 6) is 0.748. The van der Waals surface area contributed by atoms with Gasteiger partial charge in [0, 0.05) is 0 Å². The first kappa shape index (κ1) is 14.5. The molecular formula is C17H16N2O2S. The highest BCUT2D eigenvalue weighted by atomic mass is 32.1. The van der Waals surface area contributed by atoms with Gasteiger partial charge in [0.2, 0.25) is 5.91 Å². The lowest BCUT2D eigenvalue weighted by atomic mass is 10.0. The minimum absolute atomic E-state index is 0.0426. The third-order valence-electron chi connectivity index (χ3n) is 3.42. The van der Waals surface area contributed by atoms with Crippen molar-refractivity contribution in [3.05, 3.63) is 53.7 Å². The molecule has 112 valence electrons. The van der Waals surface area contributed by atoms with Crippen LogP contribution >= 0.6 is 11.5 Å². The van der Waals surface area contributed by atoms with Crippen molar-refractivity contribution in [2.45, 2.75) is 13.3 Å². The Labute approximate surface area is 132 Å². The van der Waals surface area contributed by atoms with E-state index in [0.717, 1.165) is 32.8 Å². The molecule has 0 saturated heterocycles. The van der Waals surface area contributed by atoms with Crippen molar-refractivity contribution in [3.8, 4) is 5.75 Å². The summed E-state index contributed by atoms with van der Waals surface area (Å²) in [6.45, 7) is 1.91. The van der Waals surface area contributed by atoms with Gasteiger partial charge in [0.25, 0.3) is 0 Å². The number of anilines is 1. The minimum atomic E-state index is -0.0426. The number of fused-ring (bicyclic) bond motifs is 1. The van der Waals surface area contributed by atoms with Crippen LogP contribution in [-0.2, 0) is 11.2 Å². The van der Waals surface area contributed by atoms with Gasteiger partial charge in [0.1, 0.15) is 10.8 Å². The van der Waals surface area contributed by atoms with Crippen molar-refractivity contribution < 1.29 is 9.53 Å². The van der Waals surface area contributed by atoms with Gasteiger partial charge < -0.3 is 10.1 Å². The number of hydrogen-bond acceptors (Lipinski definition) is 4. The summed E-state index contributed by atoms with van der Waals surface area (Å²) >= 11 is 1.30. The number of aromatic nitrogens is 1. The lowest BCUT2D eigenvalue weighted by Crippen LogP contribution is -2.13. The van der Waals surface area contributed by atoms with Gasteiger partial charge in [-0.1, -0.05) is 24.3 Å². The SMILES string of the molecule is COc1ccc2cccc(CC(=O)Nc3cc(C)ns3)c2c1. The van der Waals surface area contributed by atoms with Crippen molar-refractivity contribution >= 4 is 33.2 Å². The number of nitrogens with one attached hydrogen (secondary N) is 1. The normalized spacial score (nSPS) is 10.6. The van der Waals surface area contributed by atoms with Crippen molar-refractivity contribution in [2.75, 3.05) is 12.4 Å². The van der Waals surface area contributed by atoms with Crippen LogP contribution in [0.15, 0.2) is 42.5 Å². The van der Waals surface area contributed by atoms with E-state index < -0.39 is 0 Å². The third kappa shape index (κ3) is 3.09. The van der Waals surface area contributed by atoms with Gasteiger partial charge in [-0.15, -0.1) is 0 Å². The van der Waals surface area contributed by atoms with Crippen LogP contribution in [-0.4, -0.2) is 17.4 Å². The van der Waals surface area contributed by atoms with Crippen LogP contribution in [0.1, 0.15) is 11.3 Å². The van der Waals surface area contributed by atoms with Crippen molar-refractivity contribution in [1.82, 2.24) is 4.37 Å². The Morgan fingerprint density at radius 1 is 1.27 bits per heavy atom. The van der Waals surface area contributed by atoms with E-state index in [0.29, 0.717) is 6.42 Å². The molecule has 0 spiro atoms. The summed E-state index contributed by atoms with van der Waals surface area (Å²) < 4.78 is 9.43. The molecular weight excluding hydrogens is 296 g/mol. The van der Waals surface area contributed by atoms with Gasteiger partial charge in [0.15, 0.2) is 0 Å². The summed E-state index contributed by atoms with van der Waals surface area (Å²) in [6.07, 6.45) is 0.321. The first-order valence-corrected chi connectivity index (χ1v) is 7.72. The van der Waals surface area contributed by atoms with Gasteiger partial charge in [-0.2, -0.15) is 4.37 Å². The van der Waals surface area contributed by atoms with E-state index in [2.05, 4.69) is 9.69 Å². The fourth-order valence-corrected chi connectivity index (χ4v) is 3.05. The zero-order chi connectivity index (χ0) is 15.5. The number of carbonyl (C=O) groups is 1. The fraction of sp³-hybridized carbons (Fsp3) is 0.176. The Morgan fingerprint density at radius 3 is 2.86 bits per heavy atom. The number of aryl methyl sites for hydroxylation is 1. The van der Waals surface area contributed by atoms with Crippen LogP contribution in [0, 0.1) is 6.92 Å². The van der Waals surface area contributed by atoms with Crippen molar-refractivity contribution in [2.24, 2.45) is 0 Å². The van der Waals surface area contributed by atoms with Crippen molar-refractivity contribution in [3.63, 3.8) is 0 Å². The second-order valence-electron chi connectivity index (χ2n) is 5.06. The maximum absolute atomic E-state index is 12.2. The van der Waals surface area contributed by atoms with E-state index in [1.165, 1.54) is 11.5 Å². The molecule has 3 aromatic rings. The molecule has 0 atom stereocenters. The maximum Gasteiger partial charge on any atom is 0.229 e. The number of amides is 1. The highest BCUT2D eigenvalue weighted by Gasteiger charge is 2.09. The molecule has 0 saturated carbocycles. The highest BCUT2D eigenvalue weighted by Crippen LogP contribution is 2.25. The summed E-state index contributed by atoms with van der Waals surface area (Å²) in [7, 11) is 1.64. The maximum atomic E-state index is 12.2. The monoisotopic (exact) mass is 312 g/mol. The van der Waals surface area contributed by atoms with Crippen LogP contribution < -0.4 is 10.1 Å². The molecule has 3 rings (SSSR count). The van der Waals surface area contributed by atoms with Crippen LogP contribution in [0.2, 0.25) is 0 Å². The second kappa shape index (κ2) is 6.15. The van der Waals surface area contributed by atoms with E-state index in [9.17, 15) is 4.79 Å². The standard InChI is InChI=1S/C17H16N2O2S/c1-11-8-17(22-19-11)18-16(20)9-13-5-3-4-12-6-7-14(21-2)10-15(12)13/h3-8,10H,9H2,1-2H3,(H,18,20). The molecule has 1 N–H and O–H groups in total. The summed E-state index contributed by atoms with van der Waals surface area (Å²) in [6, 6.07) is 13.7.